The smallest absolute Gasteiger partial charge is 0.327 e. The summed E-state index contributed by atoms with van der Waals surface area (Å²) < 4.78 is 1.57. The van der Waals surface area contributed by atoms with E-state index in [1.54, 1.807) is 31.0 Å². The Bertz CT molecular complexity index is 282. The number of rotatable bonds is 3. The number of carbonyl (C=O) groups is 1. The molecular formula is C7H11N3O2. The van der Waals surface area contributed by atoms with E-state index in [-0.39, 0.29) is 0 Å². The molecule has 0 fully saturated rings. The van der Waals surface area contributed by atoms with E-state index in [1.165, 1.54) is 0 Å². The molecule has 0 bridgehead atoms. The van der Waals surface area contributed by atoms with Gasteiger partial charge in [-0.3, -0.25) is 9.48 Å². The Morgan fingerprint density at radius 1 is 1.83 bits per heavy atom. The van der Waals surface area contributed by atoms with Crippen molar-refractivity contribution in [3.8, 4) is 0 Å². The van der Waals surface area contributed by atoms with E-state index in [4.69, 9.17) is 5.11 Å². The maximum Gasteiger partial charge on any atom is 0.327 e. The largest absolute Gasteiger partial charge is 0.480 e. The van der Waals surface area contributed by atoms with Gasteiger partial charge in [0.25, 0.3) is 0 Å². The summed E-state index contributed by atoms with van der Waals surface area (Å²) in [6.45, 7) is 0. The standard InChI is InChI=1S/C7H11N3O2/c1-8-6(7(11)12)5-3-4-10(2)9-5/h3-4,6,8H,1-2H3,(H,11,12). The molecule has 0 amide bonds. The van der Waals surface area contributed by atoms with Crippen molar-refractivity contribution in [2.24, 2.45) is 7.05 Å². The zero-order chi connectivity index (χ0) is 9.14. The molecule has 0 radical (unpaired) electrons. The number of likely N-dealkylation sites (N-methyl/N-ethyl adjacent to an activating group) is 1. The highest BCUT2D eigenvalue weighted by Crippen LogP contribution is 2.08. The fraction of sp³-hybridized carbons (Fsp3) is 0.429. The lowest BCUT2D eigenvalue weighted by atomic mass is 10.2. The Morgan fingerprint density at radius 3 is 2.83 bits per heavy atom. The van der Waals surface area contributed by atoms with Crippen molar-refractivity contribution >= 4 is 5.97 Å². The quantitative estimate of drug-likeness (QED) is 0.655. The van der Waals surface area contributed by atoms with Crippen molar-refractivity contribution in [2.45, 2.75) is 6.04 Å². The van der Waals surface area contributed by atoms with Gasteiger partial charge in [-0.1, -0.05) is 0 Å². The van der Waals surface area contributed by atoms with Gasteiger partial charge in [0.1, 0.15) is 6.04 Å². The van der Waals surface area contributed by atoms with Crippen LogP contribution in [0, 0.1) is 0 Å². The molecular weight excluding hydrogens is 158 g/mol. The normalized spacial score (nSPS) is 12.8. The number of nitrogens with zero attached hydrogens (tertiary/aromatic N) is 2. The van der Waals surface area contributed by atoms with E-state index < -0.39 is 12.0 Å². The number of aliphatic carboxylic acids is 1. The van der Waals surface area contributed by atoms with E-state index in [9.17, 15) is 4.79 Å². The summed E-state index contributed by atoms with van der Waals surface area (Å²) in [5.41, 5.74) is 0.521. The highest BCUT2D eigenvalue weighted by Gasteiger charge is 2.19. The molecule has 0 saturated carbocycles. The van der Waals surface area contributed by atoms with Gasteiger partial charge in [-0.15, -0.1) is 0 Å². The van der Waals surface area contributed by atoms with Crippen LogP contribution in [0.4, 0.5) is 0 Å². The first-order chi connectivity index (χ1) is 5.65. The van der Waals surface area contributed by atoms with Crippen LogP contribution in [0.1, 0.15) is 11.7 Å². The molecule has 66 valence electrons. The molecule has 2 N–H and O–H groups in total. The highest BCUT2D eigenvalue weighted by atomic mass is 16.4. The van der Waals surface area contributed by atoms with E-state index in [2.05, 4.69) is 10.4 Å². The summed E-state index contributed by atoms with van der Waals surface area (Å²) in [4.78, 5) is 10.6. The number of aromatic nitrogens is 2. The first-order valence-electron chi connectivity index (χ1n) is 3.54. The van der Waals surface area contributed by atoms with Gasteiger partial charge in [0.15, 0.2) is 0 Å². The van der Waals surface area contributed by atoms with E-state index in [0.717, 1.165) is 0 Å². The Kier molecular flexibility index (Phi) is 2.44. The topological polar surface area (TPSA) is 67.2 Å². The maximum atomic E-state index is 10.6. The number of carboxylic acids is 1. The predicted octanol–water partition coefficient (Wildman–Crippen LogP) is -0.235. The lowest BCUT2D eigenvalue weighted by molar-refractivity contribution is -0.139. The van der Waals surface area contributed by atoms with Gasteiger partial charge in [0.2, 0.25) is 0 Å². The van der Waals surface area contributed by atoms with Gasteiger partial charge < -0.3 is 10.4 Å². The van der Waals surface area contributed by atoms with Crippen molar-refractivity contribution < 1.29 is 9.90 Å². The van der Waals surface area contributed by atoms with Crippen LogP contribution in [-0.4, -0.2) is 27.9 Å². The third-order valence-corrected chi connectivity index (χ3v) is 1.57. The number of nitrogens with one attached hydrogen (secondary N) is 1. The average Bonchev–Trinajstić information content (AvgIpc) is 2.37. The number of carboxylic acid groups (broad SMARTS) is 1. The second-order valence-corrected chi connectivity index (χ2v) is 2.47. The van der Waals surface area contributed by atoms with Crippen LogP contribution in [0.2, 0.25) is 0 Å². The van der Waals surface area contributed by atoms with Crippen LogP contribution in [0.15, 0.2) is 12.3 Å². The van der Waals surface area contributed by atoms with Gasteiger partial charge in [0.05, 0.1) is 5.69 Å². The molecule has 0 saturated heterocycles. The molecule has 1 unspecified atom stereocenters. The molecule has 5 heteroatoms. The predicted molar refractivity (Wildman–Crippen MR) is 42.6 cm³/mol. The minimum Gasteiger partial charge on any atom is -0.480 e. The van der Waals surface area contributed by atoms with Gasteiger partial charge in [-0.05, 0) is 13.1 Å². The second-order valence-electron chi connectivity index (χ2n) is 2.47. The van der Waals surface area contributed by atoms with E-state index in [1.807, 2.05) is 0 Å². The van der Waals surface area contributed by atoms with E-state index >= 15 is 0 Å². The maximum absolute atomic E-state index is 10.6. The van der Waals surface area contributed by atoms with Crippen molar-refractivity contribution in [1.82, 2.24) is 15.1 Å². The highest BCUT2D eigenvalue weighted by molar-refractivity contribution is 5.74. The molecule has 0 aliphatic carbocycles. The fourth-order valence-corrected chi connectivity index (χ4v) is 0.985. The summed E-state index contributed by atoms with van der Waals surface area (Å²) in [5, 5.41) is 15.4. The fourth-order valence-electron chi connectivity index (χ4n) is 0.985. The van der Waals surface area contributed by atoms with Crippen molar-refractivity contribution in [2.75, 3.05) is 7.05 Å². The summed E-state index contributed by atoms with van der Waals surface area (Å²) in [5.74, 6) is -0.920. The molecule has 1 aromatic heterocycles. The van der Waals surface area contributed by atoms with Crippen LogP contribution in [0.25, 0.3) is 0 Å². The minimum absolute atomic E-state index is 0.521. The first kappa shape index (κ1) is 8.73. The van der Waals surface area contributed by atoms with Gasteiger partial charge in [0, 0.05) is 13.2 Å². The zero-order valence-corrected chi connectivity index (χ0v) is 6.98. The minimum atomic E-state index is -0.920. The van der Waals surface area contributed by atoms with Gasteiger partial charge in [-0.25, -0.2) is 0 Å². The Balaban J connectivity index is 2.87. The van der Waals surface area contributed by atoms with Gasteiger partial charge in [-0.2, -0.15) is 5.10 Å². The molecule has 0 aliphatic rings. The molecule has 0 aromatic carbocycles. The molecule has 12 heavy (non-hydrogen) atoms. The Hall–Kier alpha value is -1.36. The molecule has 1 atom stereocenters. The number of hydrogen-bond donors (Lipinski definition) is 2. The number of hydrogen-bond acceptors (Lipinski definition) is 3. The second kappa shape index (κ2) is 3.36. The molecule has 0 spiro atoms. The summed E-state index contributed by atoms with van der Waals surface area (Å²) in [6.07, 6.45) is 1.71. The third kappa shape index (κ3) is 1.62. The lowest BCUT2D eigenvalue weighted by Gasteiger charge is -2.06. The van der Waals surface area contributed by atoms with E-state index in [0.29, 0.717) is 5.69 Å². The monoisotopic (exact) mass is 169 g/mol. The van der Waals surface area contributed by atoms with Crippen LogP contribution < -0.4 is 5.32 Å². The molecule has 0 aliphatic heterocycles. The van der Waals surface area contributed by atoms with Crippen molar-refractivity contribution in [3.05, 3.63) is 18.0 Å². The first-order valence-corrected chi connectivity index (χ1v) is 3.54. The van der Waals surface area contributed by atoms with Crippen LogP contribution >= 0.6 is 0 Å². The summed E-state index contributed by atoms with van der Waals surface area (Å²) in [7, 11) is 3.34. The SMILES string of the molecule is CNC(C(=O)O)c1ccn(C)n1. The number of aryl methyl sites for hydroxylation is 1. The molecule has 1 heterocycles. The van der Waals surface area contributed by atoms with Crippen molar-refractivity contribution in [1.29, 1.82) is 0 Å². The van der Waals surface area contributed by atoms with Crippen LogP contribution in [-0.2, 0) is 11.8 Å². The van der Waals surface area contributed by atoms with Crippen molar-refractivity contribution in [3.63, 3.8) is 0 Å². The Morgan fingerprint density at radius 2 is 2.50 bits per heavy atom. The Labute approximate surface area is 70.0 Å². The summed E-state index contributed by atoms with van der Waals surface area (Å²) in [6, 6.07) is 0.959. The summed E-state index contributed by atoms with van der Waals surface area (Å²) >= 11 is 0. The molecule has 1 rings (SSSR count). The lowest BCUT2D eigenvalue weighted by Crippen LogP contribution is -2.25. The third-order valence-electron chi connectivity index (χ3n) is 1.57. The zero-order valence-electron chi connectivity index (χ0n) is 6.98. The van der Waals surface area contributed by atoms with Gasteiger partial charge >= 0.3 is 5.97 Å². The molecule has 5 nitrogen and oxygen atoms in total. The molecule has 1 aromatic rings. The average molecular weight is 169 g/mol. The van der Waals surface area contributed by atoms with Crippen LogP contribution in [0.3, 0.4) is 0 Å². The van der Waals surface area contributed by atoms with Crippen LogP contribution in [0.5, 0.6) is 0 Å².